The number of benzene rings is 2. The van der Waals surface area contributed by atoms with Gasteiger partial charge in [-0.25, -0.2) is 0 Å². The number of nitriles is 2. The second kappa shape index (κ2) is 7.95. The average molecular weight is 377 g/mol. The summed E-state index contributed by atoms with van der Waals surface area (Å²) in [7, 11) is 0. The fraction of sp³-hybridized carbons (Fsp3) is 0.417. The highest BCUT2D eigenvalue weighted by atomic mass is 16.5. The molecule has 0 aliphatic rings. The molecular formula is C24H28N2O2. The summed E-state index contributed by atoms with van der Waals surface area (Å²) in [5.74, 6) is 1.33. The Morgan fingerprint density at radius 2 is 1.07 bits per heavy atom. The predicted octanol–water partition coefficient (Wildman–Crippen LogP) is 6.15. The van der Waals surface area contributed by atoms with Crippen LogP contribution in [0.1, 0.15) is 76.6 Å². The first-order chi connectivity index (χ1) is 13.0. The van der Waals surface area contributed by atoms with Gasteiger partial charge in [-0.3, -0.25) is 0 Å². The molecule has 0 aromatic heterocycles. The topological polar surface area (TPSA) is 66.0 Å². The molecule has 0 unspecified atom stereocenters. The monoisotopic (exact) mass is 376 g/mol. The van der Waals surface area contributed by atoms with Gasteiger partial charge in [0.15, 0.2) is 0 Å². The summed E-state index contributed by atoms with van der Waals surface area (Å²) in [6, 6.07) is 12.0. The fourth-order valence-electron chi connectivity index (χ4n) is 3.27. The van der Waals surface area contributed by atoms with Crippen molar-refractivity contribution in [3.8, 4) is 24.0 Å². The molecule has 2 aromatic carbocycles. The molecule has 4 nitrogen and oxygen atoms in total. The van der Waals surface area contributed by atoms with E-state index >= 15 is 0 Å². The van der Waals surface area contributed by atoms with Crippen LogP contribution < -0.4 is 9.47 Å². The molecule has 2 aromatic rings. The SMILES string of the molecule is CC(c1ccc(OC#N)c(C(C)(C)C)c1)c1ccc(OC#N)c(C(C)(C)C)c1. The van der Waals surface area contributed by atoms with Crippen molar-refractivity contribution in [2.45, 2.75) is 65.2 Å². The number of hydrogen-bond donors (Lipinski definition) is 0. The maximum Gasteiger partial charge on any atom is 0.292 e. The molecule has 0 saturated carbocycles. The van der Waals surface area contributed by atoms with Crippen LogP contribution in [-0.2, 0) is 10.8 Å². The maximum atomic E-state index is 8.94. The molecule has 2 rings (SSSR count). The van der Waals surface area contributed by atoms with E-state index in [1.165, 1.54) is 0 Å². The fourth-order valence-corrected chi connectivity index (χ4v) is 3.27. The largest absolute Gasteiger partial charge is 0.388 e. The van der Waals surface area contributed by atoms with E-state index < -0.39 is 0 Å². The van der Waals surface area contributed by atoms with Crippen LogP contribution in [0.5, 0.6) is 11.5 Å². The lowest BCUT2D eigenvalue weighted by Crippen LogP contribution is -2.15. The Hall–Kier alpha value is -2.98. The molecule has 0 fully saturated rings. The Morgan fingerprint density at radius 3 is 1.36 bits per heavy atom. The van der Waals surface area contributed by atoms with Crippen molar-refractivity contribution >= 4 is 0 Å². The smallest absolute Gasteiger partial charge is 0.292 e. The molecule has 0 N–H and O–H groups in total. The lowest BCUT2D eigenvalue weighted by molar-refractivity contribution is 0.473. The van der Waals surface area contributed by atoms with Crippen molar-refractivity contribution in [2.24, 2.45) is 0 Å². The van der Waals surface area contributed by atoms with Gasteiger partial charge in [-0.15, -0.1) is 10.5 Å². The third kappa shape index (κ3) is 4.65. The van der Waals surface area contributed by atoms with E-state index in [4.69, 9.17) is 20.0 Å². The van der Waals surface area contributed by atoms with Gasteiger partial charge in [-0.1, -0.05) is 72.7 Å². The van der Waals surface area contributed by atoms with Crippen LogP contribution >= 0.6 is 0 Å². The molecule has 28 heavy (non-hydrogen) atoms. The highest BCUT2D eigenvalue weighted by Gasteiger charge is 2.24. The molecule has 0 bridgehead atoms. The third-order valence-electron chi connectivity index (χ3n) is 4.93. The van der Waals surface area contributed by atoms with E-state index in [-0.39, 0.29) is 16.7 Å². The molecule has 0 amide bonds. The first kappa shape index (κ1) is 21.3. The van der Waals surface area contributed by atoms with Crippen molar-refractivity contribution in [1.29, 1.82) is 10.5 Å². The van der Waals surface area contributed by atoms with Gasteiger partial charge in [0.2, 0.25) is 0 Å². The lowest BCUT2D eigenvalue weighted by Gasteiger charge is -2.25. The van der Waals surface area contributed by atoms with Crippen molar-refractivity contribution in [1.82, 2.24) is 0 Å². The summed E-state index contributed by atoms with van der Waals surface area (Å²) >= 11 is 0. The van der Waals surface area contributed by atoms with Gasteiger partial charge >= 0.3 is 0 Å². The summed E-state index contributed by atoms with van der Waals surface area (Å²) in [5.41, 5.74) is 3.98. The molecule has 0 atom stereocenters. The minimum absolute atomic E-state index is 0.134. The lowest BCUT2D eigenvalue weighted by atomic mass is 9.81. The number of rotatable bonds is 4. The van der Waals surface area contributed by atoms with Crippen LogP contribution in [-0.4, -0.2) is 0 Å². The zero-order valence-electron chi connectivity index (χ0n) is 17.8. The standard InChI is InChI=1S/C24H28N2O2/c1-16(17-8-10-21(27-14-25)19(12-17)23(2,3)4)18-9-11-22(28-15-26)20(13-18)24(5,6)7/h8-13,16H,1-7H3. The van der Waals surface area contributed by atoms with Crippen LogP contribution in [0, 0.1) is 23.0 Å². The Bertz CT molecular complexity index is 858. The normalized spacial score (nSPS) is 11.6. The molecule has 0 aliphatic heterocycles. The summed E-state index contributed by atoms with van der Waals surface area (Å²) in [4.78, 5) is 0. The second-order valence-electron chi connectivity index (χ2n) is 9.12. The third-order valence-corrected chi connectivity index (χ3v) is 4.93. The second-order valence-corrected chi connectivity index (χ2v) is 9.12. The Morgan fingerprint density at radius 1 is 0.714 bits per heavy atom. The van der Waals surface area contributed by atoms with Crippen molar-refractivity contribution in [2.75, 3.05) is 0 Å². The Balaban J connectivity index is 2.53. The van der Waals surface area contributed by atoms with Gasteiger partial charge in [0.05, 0.1) is 0 Å². The van der Waals surface area contributed by atoms with E-state index in [1.807, 2.05) is 24.3 Å². The summed E-state index contributed by atoms with van der Waals surface area (Å²) in [5, 5.41) is 17.9. The van der Waals surface area contributed by atoms with Gasteiger partial charge < -0.3 is 9.47 Å². The summed E-state index contributed by atoms with van der Waals surface area (Å²) in [6.07, 6.45) is 3.56. The molecule has 0 spiro atoms. The predicted molar refractivity (Wildman–Crippen MR) is 110 cm³/mol. The minimum atomic E-state index is -0.150. The number of ether oxygens (including phenoxy) is 2. The van der Waals surface area contributed by atoms with Crippen LogP contribution in [0.3, 0.4) is 0 Å². The van der Waals surface area contributed by atoms with Gasteiger partial charge in [0.25, 0.3) is 12.5 Å². The Labute approximate surface area is 168 Å². The molecule has 4 heteroatoms. The molecule has 0 aliphatic carbocycles. The first-order valence-corrected chi connectivity index (χ1v) is 9.39. The Kier molecular flexibility index (Phi) is 6.05. The molecule has 0 radical (unpaired) electrons. The van der Waals surface area contributed by atoms with Crippen molar-refractivity contribution in [3.63, 3.8) is 0 Å². The zero-order chi connectivity index (χ0) is 21.1. The van der Waals surface area contributed by atoms with E-state index in [9.17, 15) is 0 Å². The van der Waals surface area contributed by atoms with Crippen LogP contribution in [0.25, 0.3) is 0 Å². The van der Waals surface area contributed by atoms with E-state index in [0.717, 1.165) is 22.3 Å². The van der Waals surface area contributed by atoms with E-state index in [2.05, 4.69) is 60.6 Å². The van der Waals surface area contributed by atoms with Gasteiger partial charge in [-0.05, 0) is 34.1 Å². The van der Waals surface area contributed by atoms with E-state index in [0.29, 0.717) is 11.5 Å². The molecule has 146 valence electrons. The summed E-state index contributed by atoms with van der Waals surface area (Å²) in [6.45, 7) is 14.8. The van der Waals surface area contributed by atoms with Crippen LogP contribution in [0.15, 0.2) is 36.4 Å². The van der Waals surface area contributed by atoms with Crippen LogP contribution in [0.2, 0.25) is 0 Å². The zero-order valence-corrected chi connectivity index (χ0v) is 17.8. The maximum absolute atomic E-state index is 8.94. The number of hydrogen-bond acceptors (Lipinski definition) is 4. The van der Waals surface area contributed by atoms with Gasteiger partial charge in [-0.2, -0.15) is 0 Å². The molecule has 0 heterocycles. The van der Waals surface area contributed by atoms with Gasteiger partial charge in [0, 0.05) is 17.0 Å². The van der Waals surface area contributed by atoms with Crippen molar-refractivity contribution < 1.29 is 9.47 Å². The average Bonchev–Trinajstić information content (AvgIpc) is 2.60. The van der Waals surface area contributed by atoms with E-state index in [1.54, 1.807) is 12.5 Å². The molecular weight excluding hydrogens is 348 g/mol. The van der Waals surface area contributed by atoms with Crippen LogP contribution in [0.4, 0.5) is 0 Å². The first-order valence-electron chi connectivity index (χ1n) is 9.39. The highest BCUT2D eigenvalue weighted by Crippen LogP contribution is 2.38. The number of nitrogens with zero attached hydrogens (tertiary/aromatic N) is 2. The quantitative estimate of drug-likeness (QED) is 0.600. The molecule has 0 saturated heterocycles. The highest BCUT2D eigenvalue weighted by molar-refractivity contribution is 5.48. The van der Waals surface area contributed by atoms with Crippen molar-refractivity contribution in [3.05, 3.63) is 58.7 Å². The minimum Gasteiger partial charge on any atom is -0.388 e. The van der Waals surface area contributed by atoms with Gasteiger partial charge in [0.1, 0.15) is 11.5 Å². The summed E-state index contributed by atoms with van der Waals surface area (Å²) < 4.78 is 10.3.